The second-order valence-corrected chi connectivity index (χ2v) is 8.54. The van der Waals surface area contributed by atoms with E-state index in [2.05, 4.69) is 0 Å². The summed E-state index contributed by atoms with van der Waals surface area (Å²) in [5.41, 5.74) is 0.568. The van der Waals surface area contributed by atoms with Gasteiger partial charge in [0.2, 0.25) is 11.3 Å². The largest absolute Gasteiger partial charge is 0.465 e. The van der Waals surface area contributed by atoms with Crippen LogP contribution in [0.4, 0.5) is 10.1 Å². The molecule has 0 unspecified atom stereocenters. The number of furan rings is 1. The molecule has 1 amide bonds. The first-order valence-corrected chi connectivity index (χ1v) is 11.1. The number of piperazine rings is 1. The van der Waals surface area contributed by atoms with Crippen molar-refractivity contribution in [2.75, 3.05) is 31.1 Å². The summed E-state index contributed by atoms with van der Waals surface area (Å²) < 4.78 is 22.3. The molecule has 3 heterocycles. The maximum atomic E-state index is 15.2. The van der Waals surface area contributed by atoms with Gasteiger partial charge in [0.05, 0.1) is 23.0 Å². The zero-order valence-electron chi connectivity index (χ0n) is 18.3. The Kier molecular flexibility index (Phi) is 5.36. The first kappa shape index (κ1) is 21.2. The van der Waals surface area contributed by atoms with Gasteiger partial charge in [0.1, 0.15) is 11.6 Å². The summed E-state index contributed by atoms with van der Waals surface area (Å²) in [6, 6.07) is 6.55. The molecule has 1 aliphatic heterocycles. The van der Waals surface area contributed by atoms with Gasteiger partial charge >= 0.3 is 0 Å². The van der Waals surface area contributed by atoms with Gasteiger partial charge in [-0.25, -0.2) is 4.39 Å². The van der Waals surface area contributed by atoms with Crippen molar-refractivity contribution in [3.8, 4) is 0 Å². The molecule has 1 saturated carbocycles. The highest BCUT2D eigenvalue weighted by Gasteiger charge is 2.28. The molecule has 1 saturated heterocycles. The van der Waals surface area contributed by atoms with Crippen LogP contribution in [0.2, 0.25) is 0 Å². The maximum Gasteiger partial charge on any atom is 0.219 e. The molecule has 33 heavy (non-hydrogen) atoms. The number of benzene rings is 1. The molecule has 5 rings (SSSR count). The number of hydrogen-bond acceptors (Lipinski definition) is 5. The fraction of sp³-hybridized carbons (Fsp3) is 0.320. The molecule has 8 heteroatoms. The van der Waals surface area contributed by atoms with Crippen LogP contribution in [-0.2, 0) is 4.79 Å². The Morgan fingerprint density at radius 3 is 2.55 bits per heavy atom. The van der Waals surface area contributed by atoms with Gasteiger partial charge in [-0.05, 0) is 49.3 Å². The number of carbonyl (C=O) groups is 2. The van der Waals surface area contributed by atoms with Gasteiger partial charge in [-0.15, -0.1) is 0 Å². The molecule has 7 nitrogen and oxygen atoms in total. The number of halogens is 1. The number of aromatic nitrogens is 1. The van der Waals surface area contributed by atoms with E-state index < -0.39 is 17.0 Å². The van der Waals surface area contributed by atoms with E-state index in [1.165, 1.54) is 31.4 Å². The van der Waals surface area contributed by atoms with Crippen LogP contribution in [0.25, 0.3) is 17.0 Å². The minimum atomic E-state index is -0.506. The summed E-state index contributed by atoms with van der Waals surface area (Å²) in [6.07, 6.45) is 7.80. The second kappa shape index (κ2) is 8.35. The normalized spacial score (nSPS) is 16.7. The summed E-state index contributed by atoms with van der Waals surface area (Å²) in [7, 11) is 0. The van der Waals surface area contributed by atoms with E-state index in [0.717, 1.165) is 12.8 Å². The molecule has 0 bridgehead atoms. The van der Waals surface area contributed by atoms with E-state index in [4.69, 9.17) is 4.42 Å². The highest BCUT2D eigenvalue weighted by molar-refractivity contribution is 6.08. The molecule has 0 atom stereocenters. The molecule has 2 fully saturated rings. The van der Waals surface area contributed by atoms with Crippen molar-refractivity contribution in [2.24, 2.45) is 0 Å². The highest BCUT2D eigenvalue weighted by Crippen LogP contribution is 2.38. The standard InChI is InChI=1S/C25H24FN3O4/c1-16(30)27-8-10-28(11-9-27)23-14-22-19(13-21(23)26)25(32)20(15-29(22)17-4-5-17)24(31)7-6-18-3-2-12-33-18/h2-3,6-7,12-15,17H,4-5,8-11H2,1H3. The van der Waals surface area contributed by atoms with Crippen LogP contribution >= 0.6 is 0 Å². The van der Waals surface area contributed by atoms with Gasteiger partial charge in [-0.3, -0.25) is 14.4 Å². The Balaban J connectivity index is 1.54. The second-order valence-electron chi connectivity index (χ2n) is 8.54. The molecular formula is C25H24FN3O4. The highest BCUT2D eigenvalue weighted by atomic mass is 19.1. The number of anilines is 1. The van der Waals surface area contributed by atoms with Crippen LogP contribution in [0.5, 0.6) is 0 Å². The van der Waals surface area contributed by atoms with Crippen LogP contribution in [0.1, 0.15) is 41.9 Å². The smallest absolute Gasteiger partial charge is 0.219 e. The lowest BCUT2D eigenvalue weighted by Gasteiger charge is -2.36. The number of rotatable bonds is 5. The van der Waals surface area contributed by atoms with E-state index in [1.807, 2.05) is 9.47 Å². The molecular weight excluding hydrogens is 425 g/mol. The van der Waals surface area contributed by atoms with Gasteiger partial charge in [0.15, 0.2) is 5.78 Å². The Morgan fingerprint density at radius 1 is 1.15 bits per heavy atom. The van der Waals surface area contributed by atoms with E-state index in [-0.39, 0.29) is 22.9 Å². The number of pyridine rings is 1. The van der Waals surface area contributed by atoms with E-state index >= 15 is 4.39 Å². The number of allylic oxidation sites excluding steroid dienone is 1. The zero-order chi connectivity index (χ0) is 23.1. The van der Waals surface area contributed by atoms with Crippen molar-refractivity contribution in [3.05, 3.63) is 70.2 Å². The SMILES string of the molecule is CC(=O)N1CCN(c2cc3c(cc2F)c(=O)c(C(=O)C=Cc2ccco2)cn3C2CC2)CC1. The maximum absolute atomic E-state index is 15.2. The fourth-order valence-electron chi connectivity index (χ4n) is 4.33. The molecule has 2 aromatic heterocycles. The average Bonchev–Trinajstić information content (AvgIpc) is 3.52. The van der Waals surface area contributed by atoms with Crippen molar-refractivity contribution in [1.29, 1.82) is 0 Å². The first-order valence-electron chi connectivity index (χ1n) is 11.1. The number of ketones is 1. The number of fused-ring (bicyclic) bond motifs is 1. The zero-order valence-corrected chi connectivity index (χ0v) is 18.3. The third-order valence-electron chi connectivity index (χ3n) is 6.31. The quantitative estimate of drug-likeness (QED) is 0.439. The summed E-state index contributed by atoms with van der Waals surface area (Å²) >= 11 is 0. The number of carbonyl (C=O) groups excluding carboxylic acids is 2. The van der Waals surface area contributed by atoms with Crippen LogP contribution in [0.15, 0.2) is 52.0 Å². The van der Waals surface area contributed by atoms with Gasteiger partial charge in [-0.1, -0.05) is 0 Å². The van der Waals surface area contributed by atoms with Crippen LogP contribution in [0, 0.1) is 5.82 Å². The fourth-order valence-corrected chi connectivity index (χ4v) is 4.33. The summed E-state index contributed by atoms with van der Waals surface area (Å²) in [5, 5.41) is 0.197. The molecule has 0 N–H and O–H groups in total. The Morgan fingerprint density at radius 2 is 1.91 bits per heavy atom. The number of hydrogen-bond donors (Lipinski definition) is 0. The van der Waals surface area contributed by atoms with Gasteiger partial charge < -0.3 is 18.8 Å². The Labute approximate surface area is 189 Å². The first-order chi connectivity index (χ1) is 15.9. The topological polar surface area (TPSA) is 75.8 Å². The minimum absolute atomic E-state index is 0.00880. The van der Waals surface area contributed by atoms with Crippen molar-refractivity contribution in [1.82, 2.24) is 9.47 Å². The molecule has 3 aromatic rings. The van der Waals surface area contributed by atoms with Crippen LogP contribution < -0.4 is 10.3 Å². The molecule has 1 aromatic carbocycles. The lowest BCUT2D eigenvalue weighted by molar-refractivity contribution is -0.129. The van der Waals surface area contributed by atoms with Crippen molar-refractivity contribution in [3.63, 3.8) is 0 Å². The van der Waals surface area contributed by atoms with E-state index in [1.54, 1.807) is 29.3 Å². The van der Waals surface area contributed by atoms with Crippen molar-refractivity contribution >= 4 is 34.4 Å². The number of nitrogens with zero attached hydrogens (tertiary/aromatic N) is 3. The predicted molar refractivity (Wildman–Crippen MR) is 123 cm³/mol. The number of amides is 1. The Bertz CT molecular complexity index is 1310. The molecule has 170 valence electrons. The van der Waals surface area contributed by atoms with Crippen molar-refractivity contribution in [2.45, 2.75) is 25.8 Å². The van der Waals surface area contributed by atoms with Gasteiger partial charge in [-0.2, -0.15) is 0 Å². The summed E-state index contributed by atoms with van der Waals surface area (Å²) in [5.74, 6) is -0.437. The molecule has 1 aliphatic carbocycles. The van der Waals surface area contributed by atoms with E-state index in [9.17, 15) is 14.4 Å². The van der Waals surface area contributed by atoms with Gasteiger partial charge in [0, 0.05) is 50.7 Å². The van der Waals surface area contributed by atoms with Crippen molar-refractivity contribution < 1.29 is 18.4 Å². The Hall–Kier alpha value is -3.68. The van der Waals surface area contributed by atoms with Crippen LogP contribution in [0.3, 0.4) is 0 Å². The minimum Gasteiger partial charge on any atom is -0.465 e. The predicted octanol–water partition coefficient (Wildman–Crippen LogP) is 3.63. The molecule has 0 radical (unpaired) electrons. The van der Waals surface area contributed by atoms with Crippen LogP contribution in [-0.4, -0.2) is 47.3 Å². The molecule has 2 aliphatic rings. The van der Waals surface area contributed by atoms with E-state index in [0.29, 0.717) is 43.1 Å². The third kappa shape index (κ3) is 4.08. The monoisotopic (exact) mass is 449 g/mol. The lowest BCUT2D eigenvalue weighted by Crippen LogP contribution is -2.48. The summed E-state index contributed by atoms with van der Waals surface area (Å²) in [4.78, 5) is 41.2. The molecule has 0 spiro atoms. The third-order valence-corrected chi connectivity index (χ3v) is 6.31. The lowest BCUT2D eigenvalue weighted by atomic mass is 10.1. The summed E-state index contributed by atoms with van der Waals surface area (Å²) in [6.45, 7) is 3.62. The van der Waals surface area contributed by atoms with Gasteiger partial charge in [0.25, 0.3) is 0 Å². The average molecular weight is 449 g/mol.